The van der Waals surface area contributed by atoms with Gasteiger partial charge in [0, 0.05) is 5.56 Å². The first-order valence-corrected chi connectivity index (χ1v) is 11.7. The second kappa shape index (κ2) is 10.1. The Kier molecular flexibility index (Phi) is 7.20. The van der Waals surface area contributed by atoms with Crippen LogP contribution < -0.4 is 9.47 Å². The number of carbonyl (C=O) groups excluding carboxylic acids is 1. The van der Waals surface area contributed by atoms with Gasteiger partial charge in [-0.2, -0.15) is 0 Å². The van der Waals surface area contributed by atoms with Crippen LogP contribution in [-0.4, -0.2) is 26.8 Å². The predicted octanol–water partition coefficient (Wildman–Crippen LogP) is 6.33. The van der Waals surface area contributed by atoms with Crippen molar-refractivity contribution in [3.05, 3.63) is 59.4 Å². The van der Waals surface area contributed by atoms with Crippen LogP contribution in [0.5, 0.6) is 11.5 Å². The summed E-state index contributed by atoms with van der Waals surface area (Å²) in [4.78, 5) is 11.8. The molecule has 0 saturated heterocycles. The Morgan fingerprint density at radius 1 is 1.06 bits per heavy atom. The van der Waals surface area contributed by atoms with E-state index >= 15 is 4.39 Å². The van der Waals surface area contributed by atoms with Gasteiger partial charge in [0.2, 0.25) is 0 Å². The largest absolute Gasteiger partial charge is 0.497 e. The molecule has 2 aromatic carbocycles. The van der Waals surface area contributed by atoms with Gasteiger partial charge in [0.15, 0.2) is 0 Å². The number of methoxy groups -OCH3 is 2. The van der Waals surface area contributed by atoms with Crippen molar-refractivity contribution in [3.8, 4) is 11.5 Å². The summed E-state index contributed by atoms with van der Waals surface area (Å²) in [5.74, 6) is 1.39. The van der Waals surface area contributed by atoms with E-state index in [1.54, 1.807) is 0 Å². The minimum Gasteiger partial charge on any atom is -0.497 e. The number of hydrogen-bond acceptors (Lipinski definition) is 4. The molecule has 33 heavy (non-hydrogen) atoms. The van der Waals surface area contributed by atoms with E-state index in [-0.39, 0.29) is 36.2 Å². The molecule has 0 bridgehead atoms. The zero-order valence-electron chi connectivity index (χ0n) is 19.3. The molecule has 2 aromatic rings. The van der Waals surface area contributed by atoms with Crippen molar-refractivity contribution in [2.45, 2.75) is 56.5 Å². The Hall–Kier alpha value is -2.63. The van der Waals surface area contributed by atoms with Gasteiger partial charge >= 0.3 is 5.97 Å². The summed E-state index contributed by atoms with van der Waals surface area (Å²) in [6, 6.07) is 12.2. The van der Waals surface area contributed by atoms with Crippen LogP contribution >= 0.6 is 0 Å². The van der Waals surface area contributed by atoms with Gasteiger partial charge in [-0.3, -0.25) is 4.79 Å². The fourth-order valence-corrected chi connectivity index (χ4v) is 4.91. The third-order valence-corrected chi connectivity index (χ3v) is 7.13. The molecular weight excluding hydrogens is 426 g/mol. The lowest BCUT2D eigenvalue weighted by molar-refractivity contribution is -0.141. The standard InChI is InChI=1S/C27H32F2O4/c1-31-21-8-9-25(28)24(15-21)27(29)12-10-18(11-13-27)17-33-22-5-3-4-20(14-22)23(19-6-7-19)16-26(30)32-2/h3-5,8-9,14-15,18-19,23H,6-7,10-13,16-17H2,1-2H3/t18?,23-,27?/m0/s1. The third kappa shape index (κ3) is 5.66. The molecule has 178 valence electrons. The van der Waals surface area contributed by atoms with Crippen LogP contribution in [0.4, 0.5) is 8.78 Å². The quantitative estimate of drug-likeness (QED) is 0.412. The minimum absolute atomic E-state index is 0.0886. The maximum absolute atomic E-state index is 15.6. The average molecular weight is 459 g/mol. The average Bonchev–Trinajstić information content (AvgIpc) is 3.68. The van der Waals surface area contributed by atoms with E-state index in [1.807, 2.05) is 24.3 Å². The van der Waals surface area contributed by atoms with Crippen LogP contribution in [0.25, 0.3) is 0 Å². The van der Waals surface area contributed by atoms with Crippen LogP contribution in [0.1, 0.15) is 62.0 Å². The molecule has 0 heterocycles. The van der Waals surface area contributed by atoms with E-state index in [2.05, 4.69) is 0 Å². The normalized spacial score (nSPS) is 23.6. The molecule has 0 amide bonds. The van der Waals surface area contributed by atoms with Crippen LogP contribution in [0.3, 0.4) is 0 Å². The van der Waals surface area contributed by atoms with Gasteiger partial charge < -0.3 is 14.2 Å². The Morgan fingerprint density at radius 2 is 1.82 bits per heavy atom. The van der Waals surface area contributed by atoms with Crippen LogP contribution in [0, 0.1) is 17.7 Å². The molecule has 0 unspecified atom stereocenters. The van der Waals surface area contributed by atoms with E-state index < -0.39 is 11.5 Å². The molecule has 4 rings (SSSR count). The molecule has 2 saturated carbocycles. The molecule has 6 heteroatoms. The van der Waals surface area contributed by atoms with Gasteiger partial charge in [0.1, 0.15) is 23.0 Å². The van der Waals surface area contributed by atoms with E-state index in [0.717, 1.165) is 24.2 Å². The first kappa shape index (κ1) is 23.5. The van der Waals surface area contributed by atoms with Gasteiger partial charge in [0.25, 0.3) is 0 Å². The summed E-state index contributed by atoms with van der Waals surface area (Å²) in [5, 5.41) is 0. The Labute approximate surface area is 194 Å². The fourth-order valence-electron chi connectivity index (χ4n) is 4.91. The second-order valence-electron chi connectivity index (χ2n) is 9.36. The number of halogens is 2. The number of hydrogen-bond donors (Lipinski definition) is 0. The van der Waals surface area contributed by atoms with Crippen molar-refractivity contribution < 1.29 is 27.8 Å². The molecule has 1 atom stereocenters. The predicted molar refractivity (Wildman–Crippen MR) is 122 cm³/mol. The maximum atomic E-state index is 15.6. The highest BCUT2D eigenvalue weighted by atomic mass is 19.1. The van der Waals surface area contributed by atoms with Gasteiger partial charge in [-0.05, 0) is 92.2 Å². The summed E-state index contributed by atoms with van der Waals surface area (Å²) in [6.07, 6.45) is 4.41. The second-order valence-corrected chi connectivity index (χ2v) is 9.36. The zero-order valence-corrected chi connectivity index (χ0v) is 19.3. The highest BCUT2D eigenvalue weighted by Gasteiger charge is 2.39. The Bertz CT molecular complexity index is 964. The smallest absolute Gasteiger partial charge is 0.306 e. The topological polar surface area (TPSA) is 44.8 Å². The van der Waals surface area contributed by atoms with E-state index in [4.69, 9.17) is 14.2 Å². The van der Waals surface area contributed by atoms with Crippen molar-refractivity contribution in [3.63, 3.8) is 0 Å². The molecule has 0 spiro atoms. The van der Waals surface area contributed by atoms with Gasteiger partial charge in [-0.25, -0.2) is 8.78 Å². The first-order chi connectivity index (χ1) is 15.9. The number of carbonyl (C=O) groups is 1. The number of esters is 1. The molecule has 0 radical (unpaired) electrons. The molecule has 0 aromatic heterocycles. The number of alkyl halides is 1. The summed E-state index contributed by atoms with van der Waals surface area (Å²) in [6.45, 7) is 0.491. The van der Waals surface area contributed by atoms with Crippen LogP contribution in [-0.2, 0) is 15.2 Å². The molecule has 2 aliphatic rings. The number of ether oxygens (including phenoxy) is 3. The minimum atomic E-state index is -1.68. The highest BCUT2D eigenvalue weighted by Crippen LogP contribution is 2.46. The van der Waals surface area contributed by atoms with Crippen LogP contribution in [0.2, 0.25) is 0 Å². The lowest BCUT2D eigenvalue weighted by Gasteiger charge is -2.34. The van der Waals surface area contributed by atoms with Gasteiger partial charge in [-0.1, -0.05) is 12.1 Å². The molecule has 4 nitrogen and oxygen atoms in total. The van der Waals surface area contributed by atoms with Crippen molar-refractivity contribution in [1.29, 1.82) is 0 Å². The number of rotatable bonds is 9. The van der Waals surface area contributed by atoms with Crippen LogP contribution in [0.15, 0.2) is 42.5 Å². The monoisotopic (exact) mass is 458 g/mol. The fraction of sp³-hybridized carbons (Fsp3) is 0.519. The summed E-state index contributed by atoms with van der Waals surface area (Å²) in [5.41, 5.74) is -0.494. The summed E-state index contributed by atoms with van der Waals surface area (Å²) < 4.78 is 46.0. The Balaban J connectivity index is 1.35. The highest BCUT2D eigenvalue weighted by molar-refractivity contribution is 5.70. The molecule has 0 aliphatic heterocycles. The third-order valence-electron chi connectivity index (χ3n) is 7.13. The summed E-state index contributed by atoms with van der Waals surface area (Å²) >= 11 is 0. The lowest BCUT2D eigenvalue weighted by Crippen LogP contribution is -2.30. The molecule has 2 aliphatic carbocycles. The molecular formula is C27H32F2O4. The Morgan fingerprint density at radius 3 is 2.48 bits per heavy atom. The summed E-state index contributed by atoms with van der Waals surface area (Å²) in [7, 11) is 2.91. The van der Waals surface area contributed by atoms with E-state index in [1.165, 1.54) is 32.4 Å². The van der Waals surface area contributed by atoms with Crippen molar-refractivity contribution in [1.82, 2.24) is 0 Å². The lowest BCUT2D eigenvalue weighted by atomic mass is 9.76. The van der Waals surface area contributed by atoms with Gasteiger partial charge in [0.05, 0.1) is 27.2 Å². The van der Waals surface area contributed by atoms with Crippen molar-refractivity contribution >= 4 is 5.97 Å². The maximum Gasteiger partial charge on any atom is 0.306 e. The van der Waals surface area contributed by atoms with Gasteiger partial charge in [-0.15, -0.1) is 0 Å². The molecule has 2 fully saturated rings. The number of benzene rings is 2. The van der Waals surface area contributed by atoms with Crippen molar-refractivity contribution in [2.24, 2.45) is 11.8 Å². The molecule has 0 N–H and O–H groups in total. The van der Waals surface area contributed by atoms with E-state index in [9.17, 15) is 9.18 Å². The van der Waals surface area contributed by atoms with Crippen molar-refractivity contribution in [2.75, 3.05) is 20.8 Å². The first-order valence-electron chi connectivity index (χ1n) is 11.7. The zero-order chi connectivity index (χ0) is 23.4. The SMILES string of the molecule is COC(=O)C[C@H](c1cccc(OCC2CCC(F)(c3cc(OC)ccc3F)CC2)c1)C1CC1. The van der Waals surface area contributed by atoms with E-state index in [0.29, 0.717) is 37.5 Å².